The van der Waals surface area contributed by atoms with Crippen molar-refractivity contribution in [2.24, 2.45) is 10.4 Å². The van der Waals surface area contributed by atoms with Crippen LogP contribution in [0.2, 0.25) is 0 Å². The summed E-state index contributed by atoms with van der Waals surface area (Å²) in [4.78, 5) is 31.6. The number of para-hydroxylation sites is 1. The van der Waals surface area contributed by atoms with Crippen LogP contribution in [0.25, 0.3) is 0 Å². The normalized spacial score (nSPS) is 16.2. The number of phenolic OH excluding ortho intramolecular Hbond substituents is 1. The number of fused-ring (bicyclic) bond motifs is 1. The van der Waals surface area contributed by atoms with Gasteiger partial charge in [-0.15, -0.1) is 0 Å². The van der Waals surface area contributed by atoms with Crippen molar-refractivity contribution in [3.05, 3.63) is 58.9 Å². The number of nitrogens with one attached hydrogen (secondary N) is 3. The molecular weight excluding hydrogens is 462 g/mol. The number of aromatic hydroxyl groups is 1. The number of hydrogen-bond acceptors (Lipinski definition) is 8. The Balaban J connectivity index is 1.72. The van der Waals surface area contributed by atoms with E-state index in [2.05, 4.69) is 20.9 Å². The Kier molecular flexibility index (Phi) is 6.53. The Labute approximate surface area is 210 Å². The summed E-state index contributed by atoms with van der Waals surface area (Å²) in [5, 5.41) is 19.5. The number of rotatable bonds is 6. The summed E-state index contributed by atoms with van der Waals surface area (Å²) in [6.45, 7) is 6.24. The smallest absolute Gasteiger partial charge is 0.276 e. The van der Waals surface area contributed by atoms with Gasteiger partial charge in [-0.3, -0.25) is 19.9 Å². The van der Waals surface area contributed by atoms with Gasteiger partial charge in [0.2, 0.25) is 6.79 Å². The number of carbonyl (C=O) groups is 2. The predicted molar refractivity (Wildman–Crippen MR) is 136 cm³/mol. The highest BCUT2D eigenvalue weighted by Crippen LogP contribution is 2.40. The maximum absolute atomic E-state index is 12.8. The van der Waals surface area contributed by atoms with E-state index in [9.17, 15) is 14.7 Å². The zero-order chi connectivity index (χ0) is 26.2. The van der Waals surface area contributed by atoms with E-state index in [1.165, 1.54) is 0 Å². The summed E-state index contributed by atoms with van der Waals surface area (Å²) in [7, 11) is 5.27. The van der Waals surface area contributed by atoms with E-state index in [-0.39, 0.29) is 41.1 Å². The predicted octanol–water partition coefficient (Wildman–Crippen LogP) is 2.72. The third-order valence-electron chi connectivity index (χ3n) is 5.99. The molecule has 0 aliphatic carbocycles. The molecule has 0 unspecified atom stereocenters. The molecule has 4 N–H and O–H groups in total. The molecule has 2 heterocycles. The van der Waals surface area contributed by atoms with Gasteiger partial charge >= 0.3 is 0 Å². The number of anilines is 1. The molecule has 0 bridgehead atoms. The minimum Gasteiger partial charge on any atom is -0.505 e. The lowest BCUT2D eigenvalue weighted by Gasteiger charge is -2.33. The minimum absolute atomic E-state index is 0.0160. The number of benzene rings is 2. The molecule has 2 amide bonds. The highest BCUT2D eigenvalue weighted by atomic mass is 16.7. The lowest BCUT2D eigenvalue weighted by atomic mass is 9.82. The van der Waals surface area contributed by atoms with Crippen LogP contribution in [-0.4, -0.2) is 55.6 Å². The van der Waals surface area contributed by atoms with Crippen molar-refractivity contribution < 1.29 is 24.2 Å². The molecule has 2 aliphatic heterocycles. The van der Waals surface area contributed by atoms with Crippen LogP contribution in [0.5, 0.6) is 17.2 Å². The van der Waals surface area contributed by atoms with Crippen LogP contribution in [0.15, 0.2) is 52.8 Å². The molecule has 190 valence electrons. The number of amides is 2. The Morgan fingerprint density at radius 3 is 2.44 bits per heavy atom. The first kappa shape index (κ1) is 24.9. The fourth-order valence-corrected chi connectivity index (χ4v) is 4.27. The van der Waals surface area contributed by atoms with Gasteiger partial charge in [0, 0.05) is 21.1 Å². The van der Waals surface area contributed by atoms with E-state index in [1.54, 1.807) is 30.1 Å². The summed E-state index contributed by atoms with van der Waals surface area (Å²) >= 11 is 0. The number of nitrogens with zero attached hydrogens (tertiary/aromatic N) is 2. The Bertz CT molecular complexity index is 1280. The number of carbonyl (C=O) groups excluding carboxylic acids is 2. The highest BCUT2D eigenvalue weighted by molar-refractivity contribution is 6.20. The summed E-state index contributed by atoms with van der Waals surface area (Å²) < 4.78 is 11.0. The molecule has 10 heteroatoms. The van der Waals surface area contributed by atoms with Crippen molar-refractivity contribution in [1.82, 2.24) is 15.5 Å². The molecule has 2 aromatic rings. The van der Waals surface area contributed by atoms with Gasteiger partial charge in [-0.2, -0.15) is 0 Å². The second-order valence-corrected chi connectivity index (χ2v) is 9.86. The third-order valence-corrected chi connectivity index (χ3v) is 5.99. The van der Waals surface area contributed by atoms with Gasteiger partial charge in [-0.25, -0.2) is 0 Å². The summed E-state index contributed by atoms with van der Waals surface area (Å²) in [6.07, 6.45) is 0. The number of aliphatic imine (C=N–C) groups is 1. The van der Waals surface area contributed by atoms with Crippen molar-refractivity contribution >= 4 is 23.3 Å². The number of imide groups is 1. The number of hydrogen-bond donors (Lipinski definition) is 4. The SMILES string of the molecule is CN=C(c1cccc(NC2=C(N[C@@H](c3ccc4c(c3)OCO4)C(C)(C)C)C(=O)NC2=O)c1O)N(C)C. The fraction of sp³-hybridized carbons (Fsp3) is 0.346. The highest BCUT2D eigenvalue weighted by Gasteiger charge is 2.36. The maximum atomic E-state index is 12.8. The molecule has 2 aromatic carbocycles. The van der Waals surface area contributed by atoms with Crippen molar-refractivity contribution in [1.29, 1.82) is 0 Å². The second-order valence-electron chi connectivity index (χ2n) is 9.86. The van der Waals surface area contributed by atoms with E-state index in [0.29, 0.717) is 22.9 Å². The summed E-state index contributed by atoms with van der Waals surface area (Å²) in [5.41, 5.74) is 1.37. The molecule has 36 heavy (non-hydrogen) atoms. The van der Waals surface area contributed by atoms with Crippen LogP contribution >= 0.6 is 0 Å². The largest absolute Gasteiger partial charge is 0.505 e. The number of phenols is 1. The average Bonchev–Trinajstić information content (AvgIpc) is 3.37. The monoisotopic (exact) mass is 493 g/mol. The van der Waals surface area contributed by atoms with E-state index in [4.69, 9.17) is 9.47 Å². The van der Waals surface area contributed by atoms with Gasteiger partial charge in [-0.1, -0.05) is 32.9 Å². The standard InChI is InChI=1S/C26H31N5O5/c1-26(2,3)22(14-10-11-17-18(12-14)36-13-35-17)29-20-19(24(33)30-25(20)34)28-16-9-7-8-15(21(16)32)23(27-4)31(5)6/h7-12,22,32H,13H2,1-6H3,(H3,28,29,30,33,34)/t22-/m0/s1. The molecule has 1 atom stereocenters. The lowest BCUT2D eigenvalue weighted by molar-refractivity contribution is -0.124. The molecule has 0 radical (unpaired) electrons. The first-order valence-electron chi connectivity index (χ1n) is 11.5. The maximum Gasteiger partial charge on any atom is 0.276 e. The van der Waals surface area contributed by atoms with Crippen molar-refractivity contribution in [3.63, 3.8) is 0 Å². The van der Waals surface area contributed by atoms with Crippen LogP contribution in [0.4, 0.5) is 5.69 Å². The average molecular weight is 494 g/mol. The zero-order valence-electron chi connectivity index (χ0n) is 21.2. The molecule has 10 nitrogen and oxygen atoms in total. The van der Waals surface area contributed by atoms with Gasteiger partial charge in [0.05, 0.1) is 17.3 Å². The molecule has 0 spiro atoms. The van der Waals surface area contributed by atoms with Gasteiger partial charge < -0.3 is 30.1 Å². The van der Waals surface area contributed by atoms with E-state index in [1.807, 2.05) is 53.1 Å². The summed E-state index contributed by atoms with van der Waals surface area (Å²) in [5.74, 6) is 0.601. The topological polar surface area (TPSA) is 125 Å². The molecular formula is C26H31N5O5. The van der Waals surface area contributed by atoms with Gasteiger partial charge in [0.1, 0.15) is 23.0 Å². The van der Waals surface area contributed by atoms with Gasteiger partial charge in [-0.05, 0) is 35.2 Å². The Hall–Kier alpha value is -4.21. The molecule has 0 saturated carbocycles. The lowest BCUT2D eigenvalue weighted by Crippen LogP contribution is -2.35. The van der Waals surface area contributed by atoms with Gasteiger partial charge in [0.15, 0.2) is 11.5 Å². The molecule has 0 fully saturated rings. The minimum atomic E-state index is -0.595. The van der Waals surface area contributed by atoms with E-state index < -0.39 is 11.8 Å². The molecule has 0 saturated heterocycles. The molecule has 0 aromatic heterocycles. The molecule has 4 rings (SSSR count). The first-order valence-corrected chi connectivity index (χ1v) is 11.5. The van der Waals surface area contributed by atoms with Gasteiger partial charge in [0.25, 0.3) is 11.8 Å². The van der Waals surface area contributed by atoms with Crippen LogP contribution in [0.3, 0.4) is 0 Å². The quantitative estimate of drug-likeness (QED) is 0.210. The van der Waals surface area contributed by atoms with E-state index >= 15 is 0 Å². The number of amidine groups is 1. The first-order chi connectivity index (χ1) is 17.0. The molecule has 2 aliphatic rings. The Morgan fingerprint density at radius 1 is 1.08 bits per heavy atom. The van der Waals surface area contributed by atoms with Crippen LogP contribution in [-0.2, 0) is 9.59 Å². The second kappa shape index (κ2) is 9.44. The summed E-state index contributed by atoms with van der Waals surface area (Å²) in [6, 6.07) is 10.3. The van der Waals surface area contributed by atoms with Crippen molar-refractivity contribution in [2.45, 2.75) is 26.8 Å². The van der Waals surface area contributed by atoms with Crippen molar-refractivity contribution in [3.8, 4) is 17.2 Å². The van der Waals surface area contributed by atoms with E-state index in [0.717, 1.165) is 5.56 Å². The zero-order valence-corrected chi connectivity index (χ0v) is 21.2. The fourth-order valence-electron chi connectivity index (χ4n) is 4.27. The van der Waals surface area contributed by atoms with Crippen molar-refractivity contribution in [2.75, 3.05) is 33.3 Å². The third kappa shape index (κ3) is 4.66. The number of ether oxygens (including phenoxy) is 2. The Morgan fingerprint density at radius 2 is 1.78 bits per heavy atom. The van der Waals surface area contributed by atoms with Crippen LogP contribution < -0.4 is 25.4 Å². The van der Waals surface area contributed by atoms with Crippen LogP contribution in [0.1, 0.15) is 37.9 Å². The van der Waals surface area contributed by atoms with Crippen LogP contribution in [0, 0.1) is 5.41 Å².